The number of anilines is 2. The molecule has 3 aromatic rings. The highest BCUT2D eigenvalue weighted by Crippen LogP contribution is 2.28. The van der Waals surface area contributed by atoms with E-state index in [1.165, 1.54) is 22.9 Å². The van der Waals surface area contributed by atoms with Crippen LogP contribution >= 0.6 is 11.3 Å². The van der Waals surface area contributed by atoms with Gasteiger partial charge in [0.05, 0.1) is 10.2 Å². The Balaban J connectivity index is 1.48. The highest BCUT2D eigenvalue weighted by molar-refractivity contribution is 7.22. The predicted octanol–water partition coefficient (Wildman–Crippen LogP) is 1.98. The number of carbonyl (C=O) groups is 2. The molecule has 10 heteroatoms. The minimum atomic E-state index is -0.350. The number of amides is 2. The number of fused-ring (bicyclic) bond motifs is 2. The van der Waals surface area contributed by atoms with Gasteiger partial charge in [0.1, 0.15) is 12.4 Å². The maximum absolute atomic E-state index is 12.5. The van der Waals surface area contributed by atoms with Crippen molar-refractivity contribution in [2.24, 2.45) is 0 Å². The van der Waals surface area contributed by atoms with Gasteiger partial charge in [-0.2, -0.15) is 5.10 Å². The molecule has 0 radical (unpaired) electrons. The number of hydrogen-bond acceptors (Lipinski definition) is 6. The van der Waals surface area contributed by atoms with Crippen molar-refractivity contribution in [2.75, 3.05) is 10.6 Å². The Hall–Kier alpha value is -3.01. The molecule has 0 bridgehead atoms. The van der Waals surface area contributed by atoms with Crippen molar-refractivity contribution in [3.8, 4) is 0 Å². The second-order valence-corrected chi connectivity index (χ2v) is 7.78. The summed E-state index contributed by atoms with van der Waals surface area (Å²) < 4.78 is 3.73. The van der Waals surface area contributed by atoms with Crippen LogP contribution < -0.4 is 16.3 Å². The zero-order valence-corrected chi connectivity index (χ0v) is 16.2. The van der Waals surface area contributed by atoms with Crippen molar-refractivity contribution >= 4 is 44.2 Å². The molecule has 2 aromatic heterocycles. The number of nitrogens with zero attached hydrogens (tertiary/aromatic N) is 4. The van der Waals surface area contributed by atoms with E-state index in [9.17, 15) is 14.4 Å². The van der Waals surface area contributed by atoms with Gasteiger partial charge in [0.2, 0.25) is 11.8 Å². The van der Waals surface area contributed by atoms with E-state index in [0.29, 0.717) is 17.4 Å². The van der Waals surface area contributed by atoms with Crippen LogP contribution in [0.2, 0.25) is 0 Å². The van der Waals surface area contributed by atoms with E-state index in [2.05, 4.69) is 20.7 Å². The highest BCUT2D eigenvalue weighted by Gasteiger charge is 2.18. The van der Waals surface area contributed by atoms with Crippen LogP contribution in [0.1, 0.15) is 32.0 Å². The quantitative estimate of drug-likeness (QED) is 0.696. The van der Waals surface area contributed by atoms with E-state index in [0.717, 1.165) is 41.7 Å². The monoisotopic (exact) mass is 400 g/mol. The lowest BCUT2D eigenvalue weighted by molar-refractivity contribution is -0.117. The molecule has 2 amide bonds. The first-order valence-electron chi connectivity index (χ1n) is 9.14. The molecule has 1 aromatic carbocycles. The van der Waals surface area contributed by atoms with Crippen LogP contribution in [0.25, 0.3) is 10.2 Å². The lowest BCUT2D eigenvalue weighted by atomic mass is 10.2. The van der Waals surface area contributed by atoms with Crippen LogP contribution in [0.15, 0.2) is 23.0 Å². The van der Waals surface area contributed by atoms with E-state index in [1.54, 1.807) is 22.8 Å². The third kappa shape index (κ3) is 3.81. The molecular weight excluding hydrogens is 380 g/mol. The summed E-state index contributed by atoms with van der Waals surface area (Å²) in [5.74, 6) is 0.249. The second kappa shape index (κ2) is 7.55. The van der Waals surface area contributed by atoms with Crippen molar-refractivity contribution in [2.45, 2.75) is 45.7 Å². The van der Waals surface area contributed by atoms with Crippen LogP contribution in [-0.2, 0) is 29.1 Å². The molecule has 3 heterocycles. The normalized spacial score (nSPS) is 13.8. The summed E-state index contributed by atoms with van der Waals surface area (Å²) in [5.41, 5.74) is 1.16. The van der Waals surface area contributed by atoms with Crippen molar-refractivity contribution in [1.29, 1.82) is 0 Å². The van der Waals surface area contributed by atoms with E-state index >= 15 is 0 Å². The summed E-state index contributed by atoms with van der Waals surface area (Å²) in [6, 6.07) is 5.34. The summed E-state index contributed by atoms with van der Waals surface area (Å²) in [6.45, 7) is 1.95. The van der Waals surface area contributed by atoms with E-state index < -0.39 is 0 Å². The van der Waals surface area contributed by atoms with Gasteiger partial charge in [-0.1, -0.05) is 17.8 Å². The molecule has 0 unspecified atom stereocenters. The Morgan fingerprint density at radius 1 is 1.21 bits per heavy atom. The summed E-state index contributed by atoms with van der Waals surface area (Å²) in [7, 11) is 0. The predicted molar refractivity (Wildman–Crippen MR) is 107 cm³/mol. The topological polar surface area (TPSA) is 111 Å². The summed E-state index contributed by atoms with van der Waals surface area (Å²) in [4.78, 5) is 40.4. The Bertz CT molecular complexity index is 1110. The van der Waals surface area contributed by atoms with Gasteiger partial charge in [-0.3, -0.25) is 14.2 Å². The molecule has 0 saturated carbocycles. The summed E-state index contributed by atoms with van der Waals surface area (Å²) in [6.07, 6.45) is 3.81. The maximum atomic E-state index is 12.5. The molecule has 0 fully saturated rings. The van der Waals surface area contributed by atoms with Crippen LogP contribution in [-0.4, -0.2) is 31.1 Å². The Kier molecular flexibility index (Phi) is 4.95. The Labute approximate surface area is 164 Å². The third-order valence-electron chi connectivity index (χ3n) is 4.53. The zero-order valence-electron chi connectivity index (χ0n) is 15.4. The smallest absolute Gasteiger partial charge is 0.326 e. The number of thiazole rings is 1. The van der Waals surface area contributed by atoms with Crippen LogP contribution in [0.5, 0.6) is 0 Å². The Morgan fingerprint density at radius 3 is 2.89 bits per heavy atom. The van der Waals surface area contributed by atoms with Crippen molar-refractivity contribution in [3.63, 3.8) is 0 Å². The molecule has 146 valence electrons. The van der Waals surface area contributed by atoms with E-state index in [4.69, 9.17) is 0 Å². The van der Waals surface area contributed by atoms with Crippen molar-refractivity contribution in [1.82, 2.24) is 19.3 Å². The average Bonchev–Trinajstić information content (AvgIpc) is 3.04. The van der Waals surface area contributed by atoms with Crippen LogP contribution in [0.3, 0.4) is 0 Å². The molecule has 28 heavy (non-hydrogen) atoms. The number of benzene rings is 1. The molecule has 0 saturated heterocycles. The third-order valence-corrected chi connectivity index (χ3v) is 5.46. The average molecular weight is 400 g/mol. The first-order valence-corrected chi connectivity index (χ1v) is 9.96. The van der Waals surface area contributed by atoms with Gasteiger partial charge in [-0.15, -0.1) is 0 Å². The molecule has 0 aliphatic carbocycles. The lowest BCUT2D eigenvalue weighted by Gasteiger charge is -2.01. The molecule has 2 N–H and O–H groups in total. The molecule has 0 atom stereocenters. The highest BCUT2D eigenvalue weighted by atomic mass is 32.1. The van der Waals surface area contributed by atoms with Gasteiger partial charge in [-0.25, -0.2) is 14.5 Å². The van der Waals surface area contributed by atoms with Gasteiger partial charge in [-0.05, 0) is 31.0 Å². The van der Waals surface area contributed by atoms with E-state index in [-0.39, 0.29) is 24.0 Å². The van der Waals surface area contributed by atoms with Crippen LogP contribution in [0.4, 0.5) is 10.8 Å². The fraction of sp³-hybridized carbons (Fsp3) is 0.389. The zero-order chi connectivity index (χ0) is 19.7. The molecular formula is C18H20N6O3S. The first kappa shape index (κ1) is 18.4. The van der Waals surface area contributed by atoms with Crippen molar-refractivity contribution < 1.29 is 9.59 Å². The summed E-state index contributed by atoms with van der Waals surface area (Å²) in [5, 5.41) is 10.2. The number of aromatic nitrogens is 4. The largest absolute Gasteiger partial charge is 0.346 e. The molecule has 1 aliphatic heterocycles. The molecule has 9 nitrogen and oxygen atoms in total. The Morgan fingerprint density at radius 2 is 2.07 bits per heavy atom. The fourth-order valence-electron chi connectivity index (χ4n) is 3.28. The number of rotatable bonds is 4. The van der Waals surface area contributed by atoms with E-state index in [1.807, 2.05) is 0 Å². The number of hydrogen-bond donors (Lipinski definition) is 2. The standard InChI is InChI=1S/C18H20N6O3S/c1-11(25)19-12-6-7-13-14(9-12)28-17(20-13)21-16(26)10-24-18(27)23-8-4-2-3-5-15(23)22-24/h6-7,9H,2-5,8,10H2,1H3,(H,19,25)(H,20,21,26). The number of carbonyl (C=O) groups excluding carboxylic acids is 2. The van der Waals surface area contributed by atoms with Gasteiger partial charge < -0.3 is 10.6 Å². The lowest BCUT2D eigenvalue weighted by Crippen LogP contribution is -2.30. The second-order valence-electron chi connectivity index (χ2n) is 6.75. The van der Waals surface area contributed by atoms with Gasteiger partial charge in [0.15, 0.2) is 5.13 Å². The molecule has 0 spiro atoms. The summed E-state index contributed by atoms with van der Waals surface area (Å²) >= 11 is 1.30. The SMILES string of the molecule is CC(=O)Nc1ccc2nc(NC(=O)Cn3nc4n(c3=O)CCCCC4)sc2c1. The maximum Gasteiger partial charge on any atom is 0.346 e. The molecule has 4 rings (SSSR count). The number of aryl methyl sites for hydroxylation is 1. The minimum absolute atomic E-state index is 0.147. The molecule has 1 aliphatic rings. The van der Waals surface area contributed by atoms with Gasteiger partial charge >= 0.3 is 5.69 Å². The first-order chi connectivity index (χ1) is 13.5. The van der Waals surface area contributed by atoms with Crippen molar-refractivity contribution in [3.05, 3.63) is 34.5 Å². The van der Waals surface area contributed by atoms with Gasteiger partial charge in [0.25, 0.3) is 0 Å². The number of nitrogens with one attached hydrogen (secondary N) is 2. The van der Waals surface area contributed by atoms with Crippen LogP contribution in [0, 0.1) is 0 Å². The van der Waals surface area contributed by atoms with Gasteiger partial charge in [0, 0.05) is 25.6 Å². The fourth-order valence-corrected chi connectivity index (χ4v) is 4.20. The minimum Gasteiger partial charge on any atom is -0.326 e.